The molecule has 2 rings (SSSR count). The molecular formula is C13H15Cl2N3S. The number of rotatable bonds is 5. The van der Waals surface area contributed by atoms with Crippen molar-refractivity contribution in [1.82, 2.24) is 15.3 Å². The molecule has 2 aromatic heterocycles. The summed E-state index contributed by atoms with van der Waals surface area (Å²) in [5, 5.41) is 7.33. The van der Waals surface area contributed by atoms with Crippen LogP contribution in [0, 0.1) is 0 Å². The van der Waals surface area contributed by atoms with E-state index in [0.717, 1.165) is 23.7 Å². The Morgan fingerprint density at radius 3 is 2.89 bits per heavy atom. The van der Waals surface area contributed by atoms with Gasteiger partial charge in [0.25, 0.3) is 0 Å². The Balaban J connectivity index is 2.20. The first kappa shape index (κ1) is 14.7. The molecule has 0 bridgehead atoms. The van der Waals surface area contributed by atoms with E-state index in [1.165, 1.54) is 0 Å². The molecule has 0 aliphatic carbocycles. The molecule has 1 atom stereocenters. The number of nitrogens with one attached hydrogen (secondary N) is 1. The van der Waals surface area contributed by atoms with Gasteiger partial charge in [0.2, 0.25) is 0 Å². The summed E-state index contributed by atoms with van der Waals surface area (Å²) in [7, 11) is 0. The van der Waals surface area contributed by atoms with E-state index >= 15 is 0 Å². The van der Waals surface area contributed by atoms with E-state index in [0.29, 0.717) is 15.7 Å². The zero-order valence-electron chi connectivity index (χ0n) is 10.8. The Bertz CT molecular complexity index is 557. The molecule has 0 amide bonds. The van der Waals surface area contributed by atoms with Gasteiger partial charge in [-0.1, -0.05) is 30.1 Å². The molecule has 102 valence electrons. The van der Waals surface area contributed by atoms with Crippen LogP contribution in [0.25, 0.3) is 10.7 Å². The molecule has 0 fully saturated rings. The summed E-state index contributed by atoms with van der Waals surface area (Å²) in [6.45, 7) is 5.23. The van der Waals surface area contributed by atoms with Crippen LogP contribution in [0.4, 0.5) is 0 Å². The summed E-state index contributed by atoms with van der Waals surface area (Å²) >= 11 is 13.5. The minimum absolute atomic E-state index is 0.232. The maximum Gasteiger partial charge on any atom is 0.143 e. The second-order valence-corrected chi connectivity index (χ2v) is 5.94. The number of pyridine rings is 1. The van der Waals surface area contributed by atoms with Crippen molar-refractivity contribution < 1.29 is 0 Å². The Labute approximate surface area is 127 Å². The highest BCUT2D eigenvalue weighted by Crippen LogP contribution is 2.31. The predicted octanol–water partition coefficient (Wildman–Crippen LogP) is 4.57. The molecule has 0 saturated heterocycles. The zero-order valence-corrected chi connectivity index (χ0v) is 13.1. The molecule has 0 aromatic carbocycles. The van der Waals surface area contributed by atoms with Gasteiger partial charge >= 0.3 is 0 Å². The number of hydrogen-bond donors (Lipinski definition) is 1. The molecule has 2 heterocycles. The highest BCUT2D eigenvalue weighted by atomic mass is 35.5. The molecule has 0 aliphatic rings. The van der Waals surface area contributed by atoms with Gasteiger partial charge < -0.3 is 5.32 Å². The maximum absolute atomic E-state index is 6.14. The third-order valence-electron chi connectivity index (χ3n) is 2.68. The van der Waals surface area contributed by atoms with Gasteiger partial charge in [0.15, 0.2) is 0 Å². The lowest BCUT2D eigenvalue weighted by atomic mass is 10.2. The van der Waals surface area contributed by atoms with Gasteiger partial charge in [-0.3, -0.25) is 4.98 Å². The topological polar surface area (TPSA) is 37.8 Å². The standard InChI is InChI=1S/C13H15Cl2N3S/c1-3-4-16-8(2)11-7-19-13(18-11)12-10(15)5-9(14)6-17-12/h5-8,16H,3-4H2,1-2H3. The fraction of sp³-hybridized carbons (Fsp3) is 0.385. The van der Waals surface area contributed by atoms with Gasteiger partial charge in [-0.25, -0.2) is 4.98 Å². The summed E-state index contributed by atoms with van der Waals surface area (Å²) in [4.78, 5) is 8.84. The zero-order chi connectivity index (χ0) is 13.8. The Kier molecular flexibility index (Phi) is 5.16. The monoisotopic (exact) mass is 315 g/mol. The first-order valence-corrected chi connectivity index (χ1v) is 7.75. The van der Waals surface area contributed by atoms with Gasteiger partial charge in [0.1, 0.15) is 10.7 Å². The molecule has 2 aromatic rings. The van der Waals surface area contributed by atoms with Gasteiger partial charge in [-0.05, 0) is 26.0 Å². The van der Waals surface area contributed by atoms with Crippen LogP contribution in [0.5, 0.6) is 0 Å². The lowest BCUT2D eigenvalue weighted by Crippen LogP contribution is -2.19. The van der Waals surface area contributed by atoms with Crippen LogP contribution in [-0.4, -0.2) is 16.5 Å². The molecule has 3 nitrogen and oxygen atoms in total. The lowest BCUT2D eigenvalue weighted by molar-refractivity contribution is 0.561. The van der Waals surface area contributed by atoms with Gasteiger partial charge in [0.05, 0.1) is 15.7 Å². The number of aromatic nitrogens is 2. The van der Waals surface area contributed by atoms with Crippen LogP contribution in [-0.2, 0) is 0 Å². The Hall–Kier alpha value is -0.680. The van der Waals surface area contributed by atoms with E-state index in [1.807, 2.05) is 5.38 Å². The predicted molar refractivity (Wildman–Crippen MR) is 82.1 cm³/mol. The minimum Gasteiger partial charge on any atom is -0.309 e. The first-order chi connectivity index (χ1) is 9.11. The maximum atomic E-state index is 6.14. The number of halogens is 2. The Morgan fingerprint density at radius 2 is 2.21 bits per heavy atom. The first-order valence-electron chi connectivity index (χ1n) is 6.12. The van der Waals surface area contributed by atoms with Crippen LogP contribution in [0.15, 0.2) is 17.6 Å². The molecule has 0 saturated carbocycles. The molecule has 0 spiro atoms. The molecule has 0 aliphatic heterocycles. The summed E-state index contributed by atoms with van der Waals surface area (Å²) in [6.07, 6.45) is 2.69. The molecular weight excluding hydrogens is 301 g/mol. The highest BCUT2D eigenvalue weighted by Gasteiger charge is 2.13. The average Bonchev–Trinajstić information content (AvgIpc) is 2.85. The van der Waals surface area contributed by atoms with E-state index in [-0.39, 0.29) is 6.04 Å². The van der Waals surface area contributed by atoms with Gasteiger partial charge in [0, 0.05) is 17.6 Å². The number of hydrogen-bond acceptors (Lipinski definition) is 4. The smallest absolute Gasteiger partial charge is 0.143 e. The van der Waals surface area contributed by atoms with Gasteiger partial charge in [-0.15, -0.1) is 11.3 Å². The molecule has 19 heavy (non-hydrogen) atoms. The van der Waals surface area contributed by atoms with Crippen molar-refractivity contribution >= 4 is 34.5 Å². The van der Waals surface area contributed by atoms with Crippen molar-refractivity contribution in [3.63, 3.8) is 0 Å². The van der Waals surface area contributed by atoms with Crippen LogP contribution in [0.3, 0.4) is 0 Å². The fourth-order valence-corrected chi connectivity index (χ4v) is 3.08. The number of nitrogens with zero attached hydrogens (tertiary/aromatic N) is 2. The van der Waals surface area contributed by atoms with E-state index in [9.17, 15) is 0 Å². The van der Waals surface area contributed by atoms with Crippen LogP contribution < -0.4 is 5.32 Å². The van der Waals surface area contributed by atoms with E-state index in [4.69, 9.17) is 23.2 Å². The quantitative estimate of drug-likeness (QED) is 0.878. The summed E-state index contributed by atoms with van der Waals surface area (Å²) in [5.74, 6) is 0. The summed E-state index contributed by atoms with van der Waals surface area (Å²) in [5.41, 5.74) is 1.70. The number of thiazole rings is 1. The second-order valence-electron chi connectivity index (χ2n) is 4.24. The van der Waals surface area contributed by atoms with E-state index in [2.05, 4.69) is 29.1 Å². The van der Waals surface area contributed by atoms with Crippen molar-refractivity contribution in [3.8, 4) is 10.7 Å². The Morgan fingerprint density at radius 1 is 1.42 bits per heavy atom. The van der Waals surface area contributed by atoms with Crippen LogP contribution in [0.1, 0.15) is 32.0 Å². The SMILES string of the molecule is CCCNC(C)c1csc(-c2ncc(Cl)cc2Cl)n1. The largest absolute Gasteiger partial charge is 0.309 e. The van der Waals surface area contributed by atoms with Crippen molar-refractivity contribution in [3.05, 3.63) is 33.4 Å². The molecule has 1 N–H and O–H groups in total. The van der Waals surface area contributed by atoms with Crippen molar-refractivity contribution in [2.24, 2.45) is 0 Å². The summed E-state index contributed by atoms with van der Waals surface area (Å²) in [6, 6.07) is 1.92. The third kappa shape index (κ3) is 3.66. The normalized spacial score (nSPS) is 12.6. The van der Waals surface area contributed by atoms with E-state index < -0.39 is 0 Å². The second kappa shape index (κ2) is 6.66. The highest BCUT2D eigenvalue weighted by molar-refractivity contribution is 7.13. The van der Waals surface area contributed by atoms with Crippen molar-refractivity contribution in [2.45, 2.75) is 26.3 Å². The summed E-state index contributed by atoms with van der Waals surface area (Å²) < 4.78 is 0. The van der Waals surface area contributed by atoms with Crippen LogP contribution >= 0.6 is 34.5 Å². The van der Waals surface area contributed by atoms with Crippen molar-refractivity contribution in [1.29, 1.82) is 0 Å². The molecule has 6 heteroatoms. The van der Waals surface area contributed by atoms with Crippen molar-refractivity contribution in [2.75, 3.05) is 6.54 Å². The van der Waals surface area contributed by atoms with Gasteiger partial charge in [-0.2, -0.15) is 0 Å². The average molecular weight is 316 g/mol. The molecule has 0 radical (unpaired) electrons. The third-order valence-corrected chi connectivity index (χ3v) is 4.04. The minimum atomic E-state index is 0.232. The van der Waals surface area contributed by atoms with E-state index in [1.54, 1.807) is 23.6 Å². The fourth-order valence-electron chi connectivity index (χ4n) is 1.63. The van der Waals surface area contributed by atoms with Crippen LogP contribution in [0.2, 0.25) is 10.0 Å². The lowest BCUT2D eigenvalue weighted by Gasteiger charge is -2.09. The molecule has 1 unspecified atom stereocenters.